The zero-order chi connectivity index (χ0) is 21.3. The fraction of sp³-hybridized carbons (Fsp3) is 0.250. The highest BCUT2D eigenvalue weighted by Gasteiger charge is 2.18. The minimum absolute atomic E-state index is 0.0579. The number of carbonyl (C=O) groups excluding carboxylic acids is 2. The Hall–Kier alpha value is -3.54. The van der Waals surface area contributed by atoms with E-state index in [1.54, 1.807) is 58.9 Å². The van der Waals surface area contributed by atoms with Crippen molar-refractivity contribution in [3.8, 4) is 0 Å². The van der Waals surface area contributed by atoms with Crippen LogP contribution in [0.15, 0.2) is 73.3 Å². The Morgan fingerprint density at radius 1 is 0.633 bits per heavy atom. The van der Waals surface area contributed by atoms with Crippen molar-refractivity contribution in [2.24, 2.45) is 0 Å². The van der Waals surface area contributed by atoms with Crippen LogP contribution in [0, 0.1) is 0 Å². The maximum absolute atomic E-state index is 12.9. The molecule has 0 spiro atoms. The highest BCUT2D eigenvalue weighted by molar-refractivity contribution is 5.97. The van der Waals surface area contributed by atoms with E-state index in [0.717, 1.165) is 11.1 Å². The molecule has 0 atom stereocenters. The fourth-order valence-electron chi connectivity index (χ4n) is 3.19. The van der Waals surface area contributed by atoms with E-state index < -0.39 is 0 Å². The molecule has 154 valence electrons. The number of nitrogens with zero attached hydrogens (tertiary/aromatic N) is 4. The second-order valence-corrected chi connectivity index (χ2v) is 6.93. The van der Waals surface area contributed by atoms with E-state index in [1.807, 2.05) is 38.1 Å². The SMILES string of the molecule is CCN(Cc1ccncc1)C(=O)c1ccc(C(=O)N(CC)Cc2ccncc2)cc1. The van der Waals surface area contributed by atoms with Crippen LogP contribution in [0.25, 0.3) is 0 Å². The smallest absolute Gasteiger partial charge is 0.254 e. The van der Waals surface area contributed by atoms with Gasteiger partial charge in [-0.3, -0.25) is 19.6 Å². The topological polar surface area (TPSA) is 66.4 Å². The Labute approximate surface area is 177 Å². The molecule has 1 aromatic carbocycles. The first kappa shape index (κ1) is 21.2. The number of pyridine rings is 2. The number of amides is 2. The lowest BCUT2D eigenvalue weighted by Crippen LogP contribution is -2.31. The molecule has 3 rings (SSSR count). The summed E-state index contributed by atoms with van der Waals surface area (Å²) in [7, 11) is 0. The van der Waals surface area contributed by atoms with E-state index in [0.29, 0.717) is 37.3 Å². The molecule has 30 heavy (non-hydrogen) atoms. The van der Waals surface area contributed by atoms with Crippen LogP contribution in [0.3, 0.4) is 0 Å². The minimum Gasteiger partial charge on any atom is -0.335 e. The Morgan fingerprint density at radius 3 is 1.27 bits per heavy atom. The van der Waals surface area contributed by atoms with Gasteiger partial charge >= 0.3 is 0 Å². The second-order valence-electron chi connectivity index (χ2n) is 6.93. The van der Waals surface area contributed by atoms with E-state index in [1.165, 1.54) is 0 Å². The lowest BCUT2D eigenvalue weighted by Gasteiger charge is -2.22. The van der Waals surface area contributed by atoms with E-state index >= 15 is 0 Å². The molecule has 2 amide bonds. The summed E-state index contributed by atoms with van der Waals surface area (Å²) >= 11 is 0. The predicted molar refractivity (Wildman–Crippen MR) is 116 cm³/mol. The molecule has 0 saturated heterocycles. The van der Waals surface area contributed by atoms with Gasteiger partial charge in [-0.15, -0.1) is 0 Å². The van der Waals surface area contributed by atoms with Crippen LogP contribution < -0.4 is 0 Å². The Bertz CT molecular complexity index is 879. The van der Waals surface area contributed by atoms with E-state index in [4.69, 9.17) is 0 Å². The van der Waals surface area contributed by atoms with Crippen LogP contribution in [-0.2, 0) is 13.1 Å². The highest BCUT2D eigenvalue weighted by atomic mass is 16.2. The number of aromatic nitrogens is 2. The quantitative estimate of drug-likeness (QED) is 0.575. The number of benzene rings is 1. The molecule has 0 unspecified atom stereocenters. The molecule has 2 heterocycles. The van der Waals surface area contributed by atoms with Crippen LogP contribution >= 0.6 is 0 Å². The van der Waals surface area contributed by atoms with Crippen LogP contribution in [0.5, 0.6) is 0 Å². The van der Waals surface area contributed by atoms with E-state index in [-0.39, 0.29) is 11.8 Å². The van der Waals surface area contributed by atoms with Crippen LogP contribution in [0.2, 0.25) is 0 Å². The van der Waals surface area contributed by atoms with Gasteiger partial charge in [0.2, 0.25) is 0 Å². The molecule has 0 aliphatic heterocycles. The number of hydrogen-bond donors (Lipinski definition) is 0. The van der Waals surface area contributed by atoms with Gasteiger partial charge in [0.25, 0.3) is 11.8 Å². The monoisotopic (exact) mass is 402 g/mol. The summed E-state index contributed by atoms with van der Waals surface area (Å²) < 4.78 is 0. The molecule has 6 nitrogen and oxygen atoms in total. The summed E-state index contributed by atoms with van der Waals surface area (Å²) in [6, 6.07) is 14.5. The summed E-state index contributed by atoms with van der Waals surface area (Å²) in [6.45, 7) is 6.14. The second kappa shape index (κ2) is 10.3. The van der Waals surface area contributed by atoms with Crippen molar-refractivity contribution in [3.63, 3.8) is 0 Å². The van der Waals surface area contributed by atoms with Crippen molar-refractivity contribution in [1.82, 2.24) is 19.8 Å². The molecule has 0 bridgehead atoms. The van der Waals surface area contributed by atoms with Gasteiger partial charge in [-0.1, -0.05) is 0 Å². The van der Waals surface area contributed by atoms with Gasteiger partial charge in [-0.2, -0.15) is 0 Å². The van der Waals surface area contributed by atoms with Crippen molar-refractivity contribution in [1.29, 1.82) is 0 Å². The summed E-state index contributed by atoms with van der Waals surface area (Å²) in [6.07, 6.45) is 6.89. The zero-order valence-corrected chi connectivity index (χ0v) is 17.4. The first-order chi connectivity index (χ1) is 14.6. The van der Waals surface area contributed by atoms with Crippen LogP contribution in [0.4, 0.5) is 0 Å². The van der Waals surface area contributed by atoms with E-state index in [9.17, 15) is 9.59 Å². The van der Waals surface area contributed by atoms with Gasteiger partial charge in [-0.25, -0.2) is 0 Å². The third-order valence-corrected chi connectivity index (χ3v) is 4.96. The summed E-state index contributed by atoms with van der Waals surface area (Å²) in [5.74, 6) is -0.116. The summed E-state index contributed by atoms with van der Waals surface area (Å²) in [5, 5.41) is 0. The lowest BCUT2D eigenvalue weighted by molar-refractivity contribution is 0.0740. The van der Waals surface area contributed by atoms with Crippen molar-refractivity contribution in [3.05, 3.63) is 95.6 Å². The molecule has 0 N–H and O–H groups in total. The maximum Gasteiger partial charge on any atom is 0.254 e. The average molecular weight is 402 g/mol. The standard InChI is InChI=1S/C24H26N4O2/c1-3-27(17-19-9-13-25-14-10-19)23(29)21-5-7-22(8-6-21)24(30)28(4-2)18-20-11-15-26-16-12-20/h5-16H,3-4,17-18H2,1-2H3. The summed E-state index contributed by atoms with van der Waals surface area (Å²) in [4.78, 5) is 37.4. The largest absolute Gasteiger partial charge is 0.335 e. The summed E-state index contributed by atoms with van der Waals surface area (Å²) in [5.41, 5.74) is 3.20. The first-order valence-electron chi connectivity index (χ1n) is 10.1. The lowest BCUT2D eigenvalue weighted by atomic mass is 10.1. The molecule has 0 radical (unpaired) electrons. The molecule has 0 aliphatic rings. The minimum atomic E-state index is -0.0579. The molecule has 2 aromatic heterocycles. The molecular formula is C24H26N4O2. The molecule has 0 fully saturated rings. The zero-order valence-electron chi connectivity index (χ0n) is 17.4. The number of rotatable bonds is 8. The van der Waals surface area contributed by atoms with Crippen LogP contribution in [-0.4, -0.2) is 44.7 Å². The molecule has 0 aliphatic carbocycles. The van der Waals surface area contributed by atoms with Crippen molar-refractivity contribution < 1.29 is 9.59 Å². The third kappa shape index (κ3) is 5.29. The third-order valence-electron chi connectivity index (χ3n) is 4.96. The van der Waals surface area contributed by atoms with Crippen molar-refractivity contribution in [2.45, 2.75) is 26.9 Å². The number of carbonyl (C=O) groups is 2. The van der Waals surface area contributed by atoms with Crippen LogP contribution in [0.1, 0.15) is 45.7 Å². The van der Waals surface area contributed by atoms with Gasteiger partial charge in [0.05, 0.1) is 0 Å². The van der Waals surface area contributed by atoms with Crippen molar-refractivity contribution >= 4 is 11.8 Å². The Balaban J connectivity index is 1.69. The van der Waals surface area contributed by atoms with Gasteiger partial charge in [0.15, 0.2) is 0 Å². The van der Waals surface area contributed by atoms with Gasteiger partial charge in [0, 0.05) is 62.1 Å². The highest BCUT2D eigenvalue weighted by Crippen LogP contribution is 2.14. The molecule has 6 heteroatoms. The van der Waals surface area contributed by atoms with Gasteiger partial charge in [0.1, 0.15) is 0 Å². The van der Waals surface area contributed by atoms with Gasteiger partial charge in [-0.05, 0) is 73.5 Å². The number of hydrogen-bond acceptors (Lipinski definition) is 4. The maximum atomic E-state index is 12.9. The molecule has 3 aromatic rings. The molecule has 0 saturated carbocycles. The molecular weight excluding hydrogens is 376 g/mol. The fourth-order valence-corrected chi connectivity index (χ4v) is 3.19. The Kier molecular flexibility index (Phi) is 7.27. The average Bonchev–Trinajstić information content (AvgIpc) is 2.81. The van der Waals surface area contributed by atoms with E-state index in [2.05, 4.69) is 9.97 Å². The Morgan fingerprint density at radius 2 is 0.967 bits per heavy atom. The predicted octanol–water partition coefficient (Wildman–Crippen LogP) is 3.80. The van der Waals surface area contributed by atoms with Gasteiger partial charge < -0.3 is 9.80 Å². The first-order valence-corrected chi connectivity index (χ1v) is 10.1. The normalized spacial score (nSPS) is 10.5. The van der Waals surface area contributed by atoms with Crippen molar-refractivity contribution in [2.75, 3.05) is 13.1 Å².